The van der Waals surface area contributed by atoms with Crippen LogP contribution in [0.2, 0.25) is 0 Å². The molecule has 0 aromatic heterocycles. The van der Waals surface area contributed by atoms with Gasteiger partial charge in [0.1, 0.15) is 0 Å². The second-order valence-corrected chi connectivity index (χ2v) is 14.0. The highest BCUT2D eigenvalue weighted by molar-refractivity contribution is 7.86. The minimum absolute atomic E-state index is 0.0441. The second-order valence-electron chi connectivity index (χ2n) is 9.34. The predicted molar refractivity (Wildman–Crippen MR) is 155 cm³/mol. The summed E-state index contributed by atoms with van der Waals surface area (Å²) in [5.74, 6) is 0. The zero-order chi connectivity index (χ0) is 29.9. The van der Waals surface area contributed by atoms with Crippen LogP contribution in [0.4, 0.5) is 11.4 Å². The number of hydrogen-bond acceptors (Lipinski definition) is 7. The van der Waals surface area contributed by atoms with Crippen LogP contribution in [0, 0.1) is 27.4 Å². The second kappa shape index (κ2) is 19.3. The van der Waals surface area contributed by atoms with E-state index in [-0.39, 0.29) is 22.9 Å². The Hall–Kier alpha value is -2.90. The topological polar surface area (TPSA) is 130 Å². The van der Waals surface area contributed by atoms with Gasteiger partial charge in [-0.05, 0) is 30.7 Å². The number of benzene rings is 3. The molecule has 0 radical (unpaired) electrons. The van der Waals surface area contributed by atoms with Crippen LogP contribution in [0.3, 0.4) is 0 Å². The lowest BCUT2D eigenvalue weighted by Crippen LogP contribution is -3.61. The van der Waals surface area contributed by atoms with Crippen LogP contribution in [-0.2, 0) is 14.3 Å². The van der Waals surface area contributed by atoms with Gasteiger partial charge in [0.05, 0.1) is 33.5 Å². The van der Waals surface area contributed by atoms with Crippen LogP contribution < -0.4 is 21.2 Å². The Morgan fingerprint density at radius 3 is 1.59 bits per heavy atom. The Kier molecular flexibility index (Phi) is 16.1. The number of nitrogens with zero attached hydrogens (tertiary/aromatic N) is 2. The van der Waals surface area contributed by atoms with Crippen LogP contribution >= 0.6 is 0 Å². The van der Waals surface area contributed by atoms with E-state index in [2.05, 4.69) is 6.92 Å². The number of hydrogen-bond donors (Lipinski definition) is 0. The molecule has 0 saturated carbocycles. The Labute approximate surface area is 253 Å². The SMILES string of the molecule is CCCCCCCCCCCCOS(=O)(=O)c1ccccc1.O=[N+]([O-])c1cccc([I+]c2cccc([N+](=O)[O-])c2)c1. The van der Waals surface area contributed by atoms with Crippen molar-refractivity contribution in [3.63, 3.8) is 0 Å². The smallest absolute Gasteiger partial charge is 0.266 e. The molecular formula is C30H38IN2O7S+. The van der Waals surface area contributed by atoms with Gasteiger partial charge in [-0.2, -0.15) is 8.42 Å². The quantitative estimate of drug-likeness (QED) is 0.0642. The number of unbranched alkanes of at least 4 members (excludes halogenated alkanes) is 9. The summed E-state index contributed by atoms with van der Waals surface area (Å²) < 4.78 is 30.5. The van der Waals surface area contributed by atoms with E-state index in [9.17, 15) is 28.6 Å². The molecule has 0 aliphatic heterocycles. The zero-order valence-electron chi connectivity index (χ0n) is 23.3. The molecule has 3 aromatic carbocycles. The minimum Gasteiger partial charge on any atom is -0.266 e. The highest BCUT2D eigenvalue weighted by Gasteiger charge is 2.21. The molecule has 0 aliphatic rings. The summed E-state index contributed by atoms with van der Waals surface area (Å²) in [6, 6.07) is 21.1. The maximum Gasteiger partial charge on any atom is 0.358 e. The third-order valence-corrected chi connectivity index (χ3v) is 9.94. The molecule has 0 N–H and O–H groups in total. The lowest BCUT2D eigenvalue weighted by molar-refractivity contribution is -0.598. The number of nitro groups is 2. The van der Waals surface area contributed by atoms with E-state index in [0.29, 0.717) is 0 Å². The van der Waals surface area contributed by atoms with Crippen molar-refractivity contribution in [1.82, 2.24) is 0 Å². The molecule has 41 heavy (non-hydrogen) atoms. The monoisotopic (exact) mass is 697 g/mol. The molecule has 0 aliphatic carbocycles. The Bertz CT molecular complexity index is 1270. The first-order valence-electron chi connectivity index (χ1n) is 13.8. The highest BCUT2D eigenvalue weighted by Crippen LogP contribution is 2.14. The fraction of sp³-hybridized carbons (Fsp3) is 0.400. The van der Waals surface area contributed by atoms with Gasteiger partial charge >= 0.3 is 21.2 Å². The molecule has 0 spiro atoms. The van der Waals surface area contributed by atoms with E-state index in [0.717, 1.165) is 20.0 Å². The third kappa shape index (κ3) is 14.0. The Morgan fingerprint density at radius 1 is 0.659 bits per heavy atom. The van der Waals surface area contributed by atoms with Gasteiger partial charge in [0.15, 0.2) is 0 Å². The molecule has 222 valence electrons. The molecule has 0 bridgehead atoms. The summed E-state index contributed by atoms with van der Waals surface area (Å²) in [5, 5.41) is 21.4. The van der Waals surface area contributed by atoms with E-state index in [1.165, 1.54) is 75.6 Å². The summed E-state index contributed by atoms with van der Waals surface area (Å²) in [7, 11) is -3.57. The highest BCUT2D eigenvalue weighted by atomic mass is 127. The van der Waals surface area contributed by atoms with Crippen LogP contribution in [0.1, 0.15) is 71.1 Å². The number of non-ortho nitro benzene ring substituents is 2. The van der Waals surface area contributed by atoms with Gasteiger partial charge in [0.25, 0.3) is 21.5 Å². The minimum atomic E-state index is -3.57. The van der Waals surface area contributed by atoms with Crippen molar-refractivity contribution in [2.45, 2.75) is 76.0 Å². The molecule has 9 nitrogen and oxygen atoms in total. The van der Waals surface area contributed by atoms with Gasteiger partial charge in [-0.15, -0.1) is 0 Å². The largest absolute Gasteiger partial charge is 0.358 e. The maximum absolute atomic E-state index is 11.9. The summed E-state index contributed by atoms with van der Waals surface area (Å²) in [4.78, 5) is 20.7. The maximum atomic E-state index is 11.9. The van der Waals surface area contributed by atoms with Crippen molar-refractivity contribution in [2.75, 3.05) is 6.61 Å². The number of halogens is 1. The molecule has 0 fully saturated rings. The number of rotatable bonds is 17. The molecule has 0 saturated heterocycles. The van der Waals surface area contributed by atoms with E-state index in [1.807, 2.05) is 0 Å². The molecule has 0 amide bonds. The Morgan fingerprint density at radius 2 is 1.12 bits per heavy atom. The Balaban J connectivity index is 0.000000289. The van der Waals surface area contributed by atoms with Crippen molar-refractivity contribution in [3.05, 3.63) is 106 Å². The molecule has 11 heteroatoms. The summed E-state index contributed by atoms with van der Waals surface area (Å²) in [5.41, 5.74) is 0.0882. The number of nitro benzene ring substituents is 2. The lowest BCUT2D eigenvalue weighted by atomic mass is 10.1. The first-order valence-corrected chi connectivity index (χ1v) is 17.4. The fourth-order valence-corrected chi connectivity index (χ4v) is 7.24. The van der Waals surface area contributed by atoms with Crippen molar-refractivity contribution in [2.24, 2.45) is 0 Å². The van der Waals surface area contributed by atoms with Crippen molar-refractivity contribution >= 4 is 21.5 Å². The van der Waals surface area contributed by atoms with E-state index in [1.54, 1.807) is 54.6 Å². The van der Waals surface area contributed by atoms with Gasteiger partial charge in [0, 0.05) is 12.1 Å². The zero-order valence-corrected chi connectivity index (χ0v) is 26.3. The first-order chi connectivity index (χ1) is 19.7. The van der Waals surface area contributed by atoms with Gasteiger partial charge in [-0.25, -0.2) is 0 Å². The summed E-state index contributed by atoms with van der Waals surface area (Å²) in [6.07, 6.45) is 12.3. The van der Waals surface area contributed by atoms with Crippen LogP contribution in [-0.4, -0.2) is 24.9 Å². The molecule has 3 rings (SSSR count). The summed E-state index contributed by atoms with van der Waals surface area (Å²) in [6.45, 7) is 2.52. The first kappa shape index (κ1) is 34.3. The fourth-order valence-electron chi connectivity index (χ4n) is 3.84. The molecule has 0 atom stereocenters. The van der Waals surface area contributed by atoms with E-state index >= 15 is 0 Å². The van der Waals surface area contributed by atoms with Crippen LogP contribution in [0.5, 0.6) is 0 Å². The molecular weight excluding hydrogens is 659 g/mol. The van der Waals surface area contributed by atoms with Gasteiger partial charge < -0.3 is 0 Å². The van der Waals surface area contributed by atoms with E-state index < -0.39 is 41.2 Å². The van der Waals surface area contributed by atoms with Crippen molar-refractivity contribution < 1.29 is 43.7 Å². The average Bonchev–Trinajstić information content (AvgIpc) is 2.97. The van der Waals surface area contributed by atoms with Gasteiger partial charge in [-0.1, -0.05) is 95.0 Å². The summed E-state index contributed by atoms with van der Waals surface area (Å²) >= 11 is -0.665. The normalized spacial score (nSPS) is 11.0. The average molecular weight is 698 g/mol. The lowest BCUT2D eigenvalue weighted by Gasteiger charge is -2.05. The van der Waals surface area contributed by atoms with Crippen LogP contribution in [0.15, 0.2) is 83.8 Å². The standard InChI is InChI=1S/C18H30O3S.C12H8IN2O4/c1-2-3-4-5-6-7-8-9-10-14-17-21-22(19,20)18-15-12-11-13-16-18;16-14(17)11-5-1-3-9(7-11)13-10-4-2-6-12(8-10)15(18)19/h11-13,15-16H,2-10,14,17H2,1H3;1-8H/q;+1. The van der Waals surface area contributed by atoms with E-state index in [4.69, 9.17) is 4.18 Å². The van der Waals surface area contributed by atoms with Gasteiger partial charge in [-0.3, -0.25) is 24.4 Å². The van der Waals surface area contributed by atoms with Crippen molar-refractivity contribution in [1.29, 1.82) is 0 Å². The van der Waals surface area contributed by atoms with Gasteiger partial charge in [0.2, 0.25) is 7.14 Å². The molecule has 0 heterocycles. The molecule has 0 unspecified atom stereocenters. The molecule has 3 aromatic rings. The third-order valence-electron chi connectivity index (χ3n) is 6.02. The predicted octanol–water partition coefficient (Wildman–Crippen LogP) is 4.94. The van der Waals surface area contributed by atoms with Crippen LogP contribution in [0.25, 0.3) is 0 Å². The van der Waals surface area contributed by atoms with Crippen molar-refractivity contribution in [3.8, 4) is 0 Å².